The van der Waals surface area contributed by atoms with E-state index in [4.69, 9.17) is 4.74 Å². The molecule has 0 atom stereocenters. The van der Waals surface area contributed by atoms with Crippen molar-refractivity contribution in [1.82, 2.24) is 9.55 Å². The van der Waals surface area contributed by atoms with Gasteiger partial charge in [-0.1, -0.05) is 0 Å². The number of carbonyl (C=O) groups excluding carboxylic acids is 1. The van der Waals surface area contributed by atoms with Gasteiger partial charge in [-0.3, -0.25) is 4.79 Å². The van der Waals surface area contributed by atoms with E-state index in [-0.39, 0.29) is 5.78 Å². The highest BCUT2D eigenvalue weighted by molar-refractivity contribution is 5.94. The second kappa shape index (κ2) is 5.69. The summed E-state index contributed by atoms with van der Waals surface area (Å²) < 4.78 is 7.78. The van der Waals surface area contributed by atoms with Gasteiger partial charge in [-0.05, 0) is 45.0 Å². The molecule has 0 radical (unpaired) electrons. The predicted octanol–water partition coefficient (Wildman–Crippen LogP) is 3.25. The van der Waals surface area contributed by atoms with Crippen LogP contribution in [0.4, 0.5) is 0 Å². The van der Waals surface area contributed by atoms with Crippen LogP contribution >= 0.6 is 0 Å². The summed E-state index contributed by atoms with van der Waals surface area (Å²) in [5, 5.41) is 0. The van der Waals surface area contributed by atoms with Gasteiger partial charge in [-0.25, -0.2) is 4.98 Å². The van der Waals surface area contributed by atoms with E-state index in [1.54, 1.807) is 19.1 Å². The monoisotopic (exact) mass is 258 g/mol. The second-order valence-corrected chi connectivity index (χ2v) is 4.76. The summed E-state index contributed by atoms with van der Waals surface area (Å²) in [5.41, 5.74) is 1.73. The van der Waals surface area contributed by atoms with E-state index < -0.39 is 0 Å². The quantitative estimate of drug-likeness (QED) is 0.773. The number of hydrogen-bond acceptors (Lipinski definition) is 3. The summed E-state index contributed by atoms with van der Waals surface area (Å²) in [7, 11) is 0. The Balaban J connectivity index is 2.02. The maximum atomic E-state index is 11.2. The van der Waals surface area contributed by atoms with Gasteiger partial charge in [0.15, 0.2) is 5.78 Å². The lowest BCUT2D eigenvalue weighted by Gasteiger charge is -2.12. The molecule has 0 spiro atoms. The molecule has 4 nitrogen and oxygen atoms in total. The summed E-state index contributed by atoms with van der Waals surface area (Å²) in [5.74, 6) is 0.811. The van der Waals surface area contributed by atoms with Crippen LogP contribution in [0.2, 0.25) is 0 Å². The first-order valence-corrected chi connectivity index (χ1v) is 6.32. The molecule has 0 aliphatic heterocycles. The van der Waals surface area contributed by atoms with Gasteiger partial charge >= 0.3 is 0 Å². The molecule has 1 aromatic heterocycles. The van der Waals surface area contributed by atoms with Crippen molar-refractivity contribution in [3.63, 3.8) is 0 Å². The highest BCUT2D eigenvalue weighted by Crippen LogP contribution is 2.16. The molecule has 0 bridgehead atoms. The first kappa shape index (κ1) is 13.3. The van der Waals surface area contributed by atoms with E-state index in [0.29, 0.717) is 18.2 Å². The number of nitrogens with zero attached hydrogens (tertiary/aromatic N) is 2. The third-order valence-corrected chi connectivity index (χ3v) is 2.95. The summed E-state index contributed by atoms with van der Waals surface area (Å²) in [4.78, 5) is 15.3. The maximum Gasteiger partial charge on any atom is 0.159 e. The number of Topliss-reactive ketones (excluding diaryl/α,β-unsaturated/α-hetero) is 1. The molecular weight excluding hydrogens is 240 g/mol. The van der Waals surface area contributed by atoms with Crippen molar-refractivity contribution in [1.29, 1.82) is 0 Å². The third kappa shape index (κ3) is 3.22. The van der Waals surface area contributed by atoms with Crippen molar-refractivity contribution in [2.24, 2.45) is 0 Å². The Morgan fingerprint density at radius 3 is 2.58 bits per heavy atom. The lowest BCUT2D eigenvalue weighted by Crippen LogP contribution is -2.07. The predicted molar refractivity (Wildman–Crippen MR) is 73.4 cm³/mol. The van der Waals surface area contributed by atoms with Crippen molar-refractivity contribution >= 4 is 5.78 Å². The molecule has 0 aliphatic rings. The molecule has 0 N–H and O–H groups in total. The third-order valence-electron chi connectivity index (χ3n) is 2.95. The minimum atomic E-state index is 0.0597. The normalized spacial score (nSPS) is 10.7. The Hall–Kier alpha value is -2.10. The Morgan fingerprint density at radius 1 is 1.32 bits per heavy atom. The lowest BCUT2D eigenvalue weighted by molar-refractivity contribution is 0.101. The molecule has 100 valence electrons. The van der Waals surface area contributed by atoms with E-state index in [1.165, 1.54) is 0 Å². The Labute approximate surface area is 113 Å². The second-order valence-electron chi connectivity index (χ2n) is 4.76. The smallest absolute Gasteiger partial charge is 0.159 e. The van der Waals surface area contributed by atoms with Crippen molar-refractivity contribution in [2.45, 2.75) is 33.4 Å². The molecule has 0 unspecified atom stereocenters. The van der Waals surface area contributed by atoms with Crippen LogP contribution < -0.4 is 4.74 Å². The van der Waals surface area contributed by atoms with Gasteiger partial charge < -0.3 is 9.30 Å². The Morgan fingerprint density at radius 2 is 2.00 bits per heavy atom. The minimum Gasteiger partial charge on any atom is -0.487 e. The summed E-state index contributed by atoms with van der Waals surface area (Å²) in [6, 6.07) is 7.54. The zero-order valence-corrected chi connectivity index (χ0v) is 11.5. The fourth-order valence-electron chi connectivity index (χ4n) is 1.85. The molecule has 0 saturated carbocycles. The summed E-state index contributed by atoms with van der Waals surface area (Å²) >= 11 is 0. The number of ketones is 1. The van der Waals surface area contributed by atoms with Crippen LogP contribution in [0.3, 0.4) is 0 Å². The number of aromatic nitrogens is 2. The number of rotatable bonds is 5. The fraction of sp³-hybridized carbons (Fsp3) is 0.333. The number of ether oxygens (including phenoxy) is 1. The van der Waals surface area contributed by atoms with E-state index >= 15 is 0 Å². The largest absolute Gasteiger partial charge is 0.487 e. The van der Waals surface area contributed by atoms with E-state index in [1.807, 2.05) is 24.7 Å². The van der Waals surface area contributed by atoms with Crippen molar-refractivity contribution in [2.75, 3.05) is 0 Å². The average Bonchev–Trinajstić information content (AvgIpc) is 2.85. The van der Waals surface area contributed by atoms with Gasteiger partial charge in [-0.15, -0.1) is 0 Å². The molecule has 0 saturated heterocycles. The SMILES string of the molecule is CC(=O)c1ccc(OCc2cncn2C(C)C)cc1. The molecular formula is C15H18N2O2. The molecule has 1 heterocycles. The van der Waals surface area contributed by atoms with Crippen LogP contribution in [-0.2, 0) is 6.61 Å². The van der Waals surface area contributed by atoms with E-state index in [0.717, 1.165) is 11.4 Å². The molecule has 2 aromatic rings. The van der Waals surface area contributed by atoms with Crippen molar-refractivity contribution in [3.8, 4) is 5.75 Å². The highest BCUT2D eigenvalue weighted by atomic mass is 16.5. The van der Waals surface area contributed by atoms with Gasteiger partial charge in [-0.2, -0.15) is 0 Å². The average molecular weight is 258 g/mol. The fourth-order valence-corrected chi connectivity index (χ4v) is 1.85. The topological polar surface area (TPSA) is 44.1 Å². The number of imidazole rings is 1. The van der Waals surface area contributed by atoms with Gasteiger partial charge in [0.05, 0.1) is 18.2 Å². The molecule has 0 amide bonds. The Bertz CT molecular complexity index is 556. The number of hydrogen-bond donors (Lipinski definition) is 0. The summed E-state index contributed by atoms with van der Waals surface area (Å²) in [6.45, 7) is 6.23. The molecule has 1 aromatic carbocycles. The van der Waals surface area contributed by atoms with Crippen LogP contribution in [-0.4, -0.2) is 15.3 Å². The molecule has 19 heavy (non-hydrogen) atoms. The van der Waals surface area contributed by atoms with E-state index in [9.17, 15) is 4.79 Å². The first-order chi connectivity index (χ1) is 9.08. The van der Waals surface area contributed by atoms with Crippen molar-refractivity contribution in [3.05, 3.63) is 48.0 Å². The molecule has 0 aliphatic carbocycles. The van der Waals surface area contributed by atoms with Gasteiger partial charge in [0, 0.05) is 11.6 Å². The van der Waals surface area contributed by atoms with Gasteiger partial charge in [0.2, 0.25) is 0 Å². The van der Waals surface area contributed by atoms with Crippen LogP contribution in [0.1, 0.15) is 42.9 Å². The van der Waals surface area contributed by atoms with Crippen molar-refractivity contribution < 1.29 is 9.53 Å². The Kier molecular flexibility index (Phi) is 4.00. The zero-order valence-electron chi connectivity index (χ0n) is 11.5. The van der Waals surface area contributed by atoms with E-state index in [2.05, 4.69) is 23.4 Å². The summed E-state index contributed by atoms with van der Waals surface area (Å²) in [6.07, 6.45) is 3.62. The zero-order chi connectivity index (χ0) is 13.8. The number of carbonyl (C=O) groups is 1. The number of benzene rings is 1. The highest BCUT2D eigenvalue weighted by Gasteiger charge is 2.06. The molecule has 2 rings (SSSR count). The maximum absolute atomic E-state index is 11.2. The molecule has 0 fully saturated rings. The lowest BCUT2D eigenvalue weighted by atomic mass is 10.1. The first-order valence-electron chi connectivity index (χ1n) is 6.32. The van der Waals surface area contributed by atoms with Crippen LogP contribution in [0.15, 0.2) is 36.8 Å². The van der Waals surface area contributed by atoms with Crippen LogP contribution in [0, 0.1) is 0 Å². The molecule has 4 heteroatoms. The van der Waals surface area contributed by atoms with Gasteiger partial charge in [0.25, 0.3) is 0 Å². The van der Waals surface area contributed by atoms with Crippen LogP contribution in [0.5, 0.6) is 5.75 Å². The van der Waals surface area contributed by atoms with Crippen LogP contribution in [0.25, 0.3) is 0 Å². The minimum absolute atomic E-state index is 0.0597. The van der Waals surface area contributed by atoms with Gasteiger partial charge in [0.1, 0.15) is 12.4 Å². The standard InChI is InChI=1S/C15H18N2O2/c1-11(2)17-10-16-8-14(17)9-19-15-6-4-13(5-7-15)12(3)18/h4-8,10-11H,9H2,1-3H3.